The molecule has 1 aliphatic carbocycles. The third-order valence-electron chi connectivity index (χ3n) is 5.54. The van der Waals surface area contributed by atoms with Gasteiger partial charge in [-0.2, -0.15) is 9.78 Å². The molecule has 1 fully saturated rings. The Hall–Kier alpha value is -3.74. The van der Waals surface area contributed by atoms with Crippen molar-refractivity contribution in [1.82, 2.24) is 19.3 Å². The number of carbonyl (C=O) groups is 1. The Labute approximate surface area is 173 Å². The van der Waals surface area contributed by atoms with Crippen LogP contribution >= 0.6 is 0 Å². The van der Waals surface area contributed by atoms with Crippen molar-refractivity contribution in [3.63, 3.8) is 0 Å². The molecule has 0 unspecified atom stereocenters. The topological polar surface area (TPSA) is 81.8 Å². The van der Waals surface area contributed by atoms with Crippen molar-refractivity contribution in [2.75, 3.05) is 5.32 Å². The van der Waals surface area contributed by atoms with Gasteiger partial charge in [0.2, 0.25) is 5.95 Å². The van der Waals surface area contributed by atoms with Crippen LogP contribution in [0.4, 0.5) is 5.95 Å². The van der Waals surface area contributed by atoms with Gasteiger partial charge in [-0.1, -0.05) is 43.2 Å². The Morgan fingerprint density at radius 3 is 2.47 bits per heavy atom. The van der Waals surface area contributed by atoms with E-state index in [0.29, 0.717) is 17.7 Å². The van der Waals surface area contributed by atoms with Gasteiger partial charge in [-0.3, -0.25) is 14.9 Å². The summed E-state index contributed by atoms with van der Waals surface area (Å²) in [6.07, 6.45) is 4.49. The van der Waals surface area contributed by atoms with E-state index >= 15 is 0 Å². The zero-order chi connectivity index (χ0) is 20.5. The van der Waals surface area contributed by atoms with E-state index in [9.17, 15) is 9.59 Å². The monoisotopic (exact) mass is 399 g/mol. The first kappa shape index (κ1) is 18.3. The second-order valence-electron chi connectivity index (χ2n) is 7.49. The lowest BCUT2D eigenvalue weighted by Crippen LogP contribution is -2.25. The molecule has 2 aromatic carbocycles. The maximum atomic E-state index is 13.0. The number of rotatable bonds is 4. The molecule has 1 amide bonds. The van der Waals surface area contributed by atoms with Crippen LogP contribution in [-0.2, 0) is 0 Å². The van der Waals surface area contributed by atoms with Crippen molar-refractivity contribution in [3.8, 4) is 5.69 Å². The highest BCUT2D eigenvalue weighted by molar-refractivity contribution is 6.02. The number of aromatic nitrogens is 4. The minimum Gasteiger partial charge on any atom is -0.307 e. The van der Waals surface area contributed by atoms with E-state index in [1.165, 1.54) is 29.7 Å². The van der Waals surface area contributed by atoms with Crippen LogP contribution in [0.3, 0.4) is 0 Å². The number of carbonyl (C=O) groups excluding carboxylic acids is 1. The van der Waals surface area contributed by atoms with Crippen LogP contribution in [0.1, 0.15) is 42.2 Å². The molecule has 2 aromatic heterocycles. The molecule has 2 heterocycles. The lowest BCUT2D eigenvalue weighted by Gasteiger charge is -2.16. The lowest BCUT2D eigenvalue weighted by molar-refractivity contribution is 0.101. The highest BCUT2D eigenvalue weighted by atomic mass is 16.2. The highest BCUT2D eigenvalue weighted by Crippen LogP contribution is 2.35. The van der Waals surface area contributed by atoms with E-state index < -0.39 is 5.91 Å². The molecule has 0 radical (unpaired) electrons. The third kappa shape index (κ3) is 3.28. The SMILES string of the molecule is O=C(Nc1nc2ccccc2n1C1CCCC1)c1ccc(=O)n(-c2ccccc2)n1. The van der Waals surface area contributed by atoms with Crippen LogP contribution in [-0.4, -0.2) is 25.2 Å². The Kier molecular flexibility index (Phi) is 4.63. The number of hydrogen-bond donors (Lipinski definition) is 1. The standard InChI is InChI=1S/C23H21N5O2/c29-21-15-14-19(26-28(21)17-10-2-1-3-11-17)22(30)25-23-24-18-12-6-7-13-20(18)27(23)16-8-4-5-9-16/h1-3,6-7,10-16H,4-5,8-9H2,(H,24,25,30). The fourth-order valence-electron chi connectivity index (χ4n) is 4.12. The van der Waals surface area contributed by atoms with Crippen molar-refractivity contribution >= 4 is 22.9 Å². The van der Waals surface area contributed by atoms with Crippen molar-refractivity contribution < 1.29 is 4.79 Å². The van der Waals surface area contributed by atoms with Gasteiger partial charge >= 0.3 is 0 Å². The number of benzene rings is 2. The zero-order valence-electron chi connectivity index (χ0n) is 16.4. The van der Waals surface area contributed by atoms with Gasteiger partial charge < -0.3 is 4.57 Å². The van der Waals surface area contributed by atoms with Crippen LogP contribution in [0.15, 0.2) is 71.5 Å². The Balaban J connectivity index is 1.51. The fraction of sp³-hybridized carbons (Fsp3) is 0.217. The maximum Gasteiger partial charge on any atom is 0.278 e. The van der Waals surface area contributed by atoms with Gasteiger partial charge in [-0.15, -0.1) is 0 Å². The third-order valence-corrected chi connectivity index (χ3v) is 5.54. The van der Waals surface area contributed by atoms with Gasteiger partial charge in [0.05, 0.1) is 16.7 Å². The van der Waals surface area contributed by atoms with E-state index in [2.05, 4.69) is 20.0 Å². The molecule has 30 heavy (non-hydrogen) atoms. The van der Waals surface area contributed by atoms with E-state index in [-0.39, 0.29) is 11.3 Å². The van der Waals surface area contributed by atoms with Crippen LogP contribution in [0.2, 0.25) is 0 Å². The van der Waals surface area contributed by atoms with Crippen molar-refractivity contribution in [3.05, 3.63) is 82.8 Å². The number of fused-ring (bicyclic) bond motifs is 1. The molecule has 0 spiro atoms. The molecule has 1 aliphatic rings. The number of anilines is 1. The maximum absolute atomic E-state index is 13.0. The summed E-state index contributed by atoms with van der Waals surface area (Å²) in [6.45, 7) is 0. The molecule has 150 valence electrons. The first-order chi connectivity index (χ1) is 14.7. The van der Waals surface area contributed by atoms with E-state index in [1.807, 2.05) is 42.5 Å². The van der Waals surface area contributed by atoms with Crippen LogP contribution in [0.25, 0.3) is 16.7 Å². The summed E-state index contributed by atoms with van der Waals surface area (Å²) in [5, 5.41) is 7.20. The van der Waals surface area contributed by atoms with Gasteiger partial charge in [0.1, 0.15) is 5.69 Å². The minimum absolute atomic E-state index is 0.156. The van der Waals surface area contributed by atoms with Gasteiger partial charge in [-0.05, 0) is 43.2 Å². The largest absolute Gasteiger partial charge is 0.307 e. The Bertz CT molecular complexity index is 1270. The molecule has 5 rings (SSSR count). The fourth-order valence-corrected chi connectivity index (χ4v) is 4.12. The zero-order valence-corrected chi connectivity index (χ0v) is 16.4. The predicted molar refractivity (Wildman–Crippen MR) is 115 cm³/mol. The molecule has 1 saturated carbocycles. The molecular formula is C23H21N5O2. The van der Waals surface area contributed by atoms with Crippen LogP contribution in [0, 0.1) is 0 Å². The summed E-state index contributed by atoms with van der Waals surface area (Å²) < 4.78 is 3.36. The second-order valence-corrected chi connectivity index (χ2v) is 7.49. The smallest absolute Gasteiger partial charge is 0.278 e. The molecule has 0 saturated heterocycles. The normalized spacial score (nSPS) is 14.3. The number of para-hydroxylation sites is 3. The van der Waals surface area contributed by atoms with Gasteiger partial charge in [0, 0.05) is 12.1 Å². The van der Waals surface area contributed by atoms with Crippen molar-refractivity contribution in [2.45, 2.75) is 31.7 Å². The molecule has 0 atom stereocenters. The molecule has 7 heteroatoms. The molecular weight excluding hydrogens is 378 g/mol. The van der Waals surface area contributed by atoms with Crippen LogP contribution < -0.4 is 10.9 Å². The van der Waals surface area contributed by atoms with Crippen LogP contribution in [0.5, 0.6) is 0 Å². The molecule has 1 N–H and O–H groups in total. The Morgan fingerprint density at radius 1 is 0.933 bits per heavy atom. The summed E-state index contributed by atoms with van der Waals surface area (Å²) in [5.74, 6) is 0.126. The summed E-state index contributed by atoms with van der Waals surface area (Å²) in [5.41, 5.74) is 2.33. The predicted octanol–water partition coefficient (Wildman–Crippen LogP) is 3.95. The molecule has 4 aromatic rings. The highest BCUT2D eigenvalue weighted by Gasteiger charge is 2.24. The minimum atomic E-state index is -0.394. The summed E-state index contributed by atoms with van der Waals surface area (Å²) in [6, 6.07) is 20.1. The average molecular weight is 399 g/mol. The van der Waals surface area contributed by atoms with Crippen molar-refractivity contribution in [2.24, 2.45) is 0 Å². The lowest BCUT2D eigenvalue weighted by atomic mass is 10.2. The Morgan fingerprint density at radius 2 is 1.67 bits per heavy atom. The number of nitrogens with one attached hydrogen (secondary N) is 1. The summed E-state index contributed by atoms with van der Waals surface area (Å²) in [7, 11) is 0. The molecule has 7 nitrogen and oxygen atoms in total. The average Bonchev–Trinajstić information content (AvgIpc) is 3.42. The second kappa shape index (κ2) is 7.59. The molecule has 0 aliphatic heterocycles. The molecule has 0 bridgehead atoms. The van der Waals surface area contributed by atoms with Crippen molar-refractivity contribution in [1.29, 1.82) is 0 Å². The number of nitrogens with zero attached hydrogens (tertiary/aromatic N) is 4. The number of amides is 1. The first-order valence-electron chi connectivity index (χ1n) is 10.1. The van der Waals surface area contributed by atoms with E-state index in [0.717, 1.165) is 23.9 Å². The van der Waals surface area contributed by atoms with Gasteiger partial charge in [0.15, 0.2) is 0 Å². The van der Waals surface area contributed by atoms with E-state index in [4.69, 9.17) is 0 Å². The first-order valence-corrected chi connectivity index (χ1v) is 10.1. The van der Waals surface area contributed by atoms with E-state index in [1.54, 1.807) is 12.1 Å². The summed E-state index contributed by atoms with van der Waals surface area (Å²) >= 11 is 0. The van der Waals surface area contributed by atoms with Gasteiger partial charge in [0.25, 0.3) is 11.5 Å². The summed E-state index contributed by atoms with van der Waals surface area (Å²) in [4.78, 5) is 29.9. The quantitative estimate of drug-likeness (QED) is 0.563. The number of imidazole rings is 1. The van der Waals surface area contributed by atoms with Gasteiger partial charge in [-0.25, -0.2) is 4.98 Å². The number of hydrogen-bond acceptors (Lipinski definition) is 4.